The number of carbonyl (C=O) groups is 1. The Kier molecular flexibility index (Phi) is 7.20. The highest BCUT2D eigenvalue weighted by molar-refractivity contribution is 5.93. The van der Waals surface area contributed by atoms with Crippen LogP contribution in [0.15, 0.2) is 71.7 Å². The summed E-state index contributed by atoms with van der Waals surface area (Å²) in [4.78, 5) is 35.1. The molecule has 9 nitrogen and oxygen atoms in total. The van der Waals surface area contributed by atoms with Crippen molar-refractivity contribution in [2.45, 2.75) is 68.4 Å². The molecule has 4 aromatic rings. The summed E-state index contributed by atoms with van der Waals surface area (Å²) in [5.74, 6) is 0.305. The summed E-state index contributed by atoms with van der Waals surface area (Å²) >= 11 is 0. The first-order chi connectivity index (χ1) is 21.2. The summed E-state index contributed by atoms with van der Waals surface area (Å²) in [6, 6.07) is 10.8. The number of likely N-dealkylation sites (tertiary alicyclic amines) is 2. The van der Waals surface area contributed by atoms with E-state index in [1.54, 1.807) is 24.7 Å². The van der Waals surface area contributed by atoms with E-state index >= 15 is 0 Å². The number of benzene rings is 1. The molecule has 0 unspecified atom stereocenters. The number of fused-ring (bicyclic) bond motifs is 1. The zero-order valence-electron chi connectivity index (χ0n) is 23.8. The number of hydrogen-bond donors (Lipinski definition) is 1. The maximum Gasteiger partial charge on any atom is 0.416 e. The lowest BCUT2D eigenvalue weighted by molar-refractivity contribution is -0.137. The van der Waals surface area contributed by atoms with Crippen LogP contribution in [0, 0.1) is 0 Å². The normalized spacial score (nSPS) is 25.7. The van der Waals surface area contributed by atoms with Crippen molar-refractivity contribution in [3.63, 3.8) is 0 Å². The van der Waals surface area contributed by atoms with Crippen LogP contribution in [0.5, 0.6) is 0 Å². The van der Waals surface area contributed by atoms with Crippen molar-refractivity contribution in [1.82, 2.24) is 29.7 Å². The van der Waals surface area contributed by atoms with E-state index in [9.17, 15) is 23.1 Å². The molecule has 0 spiro atoms. The molecule has 2 saturated heterocycles. The molecule has 5 heterocycles. The minimum absolute atomic E-state index is 0.0181. The van der Waals surface area contributed by atoms with Crippen molar-refractivity contribution in [3.05, 3.63) is 84.3 Å². The molecule has 1 saturated carbocycles. The van der Waals surface area contributed by atoms with E-state index in [-0.39, 0.29) is 35.1 Å². The fourth-order valence-corrected chi connectivity index (χ4v) is 7.12. The number of nitrogens with zero attached hydrogens (tertiary/aromatic N) is 6. The van der Waals surface area contributed by atoms with Crippen molar-refractivity contribution >= 4 is 5.91 Å². The quantitative estimate of drug-likeness (QED) is 0.326. The number of halogens is 3. The molecule has 1 aliphatic carbocycles. The van der Waals surface area contributed by atoms with E-state index in [4.69, 9.17) is 4.42 Å². The van der Waals surface area contributed by atoms with Crippen LogP contribution in [-0.4, -0.2) is 72.0 Å². The zero-order chi connectivity index (χ0) is 30.5. The zero-order valence-corrected chi connectivity index (χ0v) is 23.8. The second kappa shape index (κ2) is 11.1. The lowest BCUT2D eigenvalue weighted by atomic mass is 9.79. The van der Waals surface area contributed by atoms with Crippen molar-refractivity contribution in [1.29, 1.82) is 0 Å². The topological polar surface area (TPSA) is 108 Å². The van der Waals surface area contributed by atoms with Crippen LogP contribution in [0.3, 0.4) is 0 Å². The monoisotopic (exact) mass is 604 g/mol. The number of carbonyl (C=O) groups excluding carboxylic acids is 1. The van der Waals surface area contributed by atoms with Gasteiger partial charge in [0.15, 0.2) is 11.5 Å². The van der Waals surface area contributed by atoms with Crippen LogP contribution in [0.2, 0.25) is 0 Å². The molecule has 2 atom stereocenters. The van der Waals surface area contributed by atoms with Crippen molar-refractivity contribution in [2.24, 2.45) is 0 Å². The summed E-state index contributed by atoms with van der Waals surface area (Å²) in [5.41, 5.74) is -0.0798. The molecule has 1 aromatic carbocycles. The Morgan fingerprint density at radius 3 is 2.43 bits per heavy atom. The predicted molar refractivity (Wildman–Crippen MR) is 153 cm³/mol. The lowest BCUT2D eigenvalue weighted by Crippen LogP contribution is -2.46. The molecule has 0 bridgehead atoms. The number of rotatable bonds is 5. The first kappa shape index (κ1) is 28.6. The minimum Gasteiger partial charge on any atom is -0.444 e. The fourth-order valence-electron chi connectivity index (χ4n) is 7.12. The van der Waals surface area contributed by atoms with Gasteiger partial charge in [-0.1, -0.05) is 6.07 Å². The number of amides is 1. The second-order valence-electron chi connectivity index (χ2n) is 11.8. The molecule has 3 fully saturated rings. The molecule has 1 N–H and O–H groups in total. The Balaban J connectivity index is 0.981. The smallest absolute Gasteiger partial charge is 0.416 e. The Morgan fingerprint density at radius 2 is 1.70 bits per heavy atom. The van der Waals surface area contributed by atoms with E-state index in [1.807, 2.05) is 17.0 Å². The third kappa shape index (κ3) is 5.26. The number of aliphatic hydroxyl groups is 1. The van der Waals surface area contributed by atoms with E-state index in [2.05, 4.69) is 24.8 Å². The summed E-state index contributed by atoms with van der Waals surface area (Å²) in [5, 5.41) is 11.5. The van der Waals surface area contributed by atoms with E-state index < -0.39 is 17.3 Å². The average molecular weight is 605 g/mol. The van der Waals surface area contributed by atoms with Gasteiger partial charge in [0.2, 0.25) is 5.89 Å². The molecule has 44 heavy (non-hydrogen) atoms. The van der Waals surface area contributed by atoms with Gasteiger partial charge in [-0.05, 0) is 74.9 Å². The average Bonchev–Trinajstić information content (AvgIpc) is 3.79. The third-order valence-electron chi connectivity index (χ3n) is 9.36. The number of hydrogen-bond acceptors (Lipinski definition) is 8. The molecule has 2 aliphatic heterocycles. The largest absolute Gasteiger partial charge is 0.444 e. The van der Waals surface area contributed by atoms with Crippen molar-refractivity contribution in [2.75, 3.05) is 13.1 Å². The highest BCUT2D eigenvalue weighted by Gasteiger charge is 2.48. The van der Waals surface area contributed by atoms with E-state index in [0.29, 0.717) is 36.9 Å². The van der Waals surface area contributed by atoms with Gasteiger partial charge < -0.3 is 14.4 Å². The number of aromatic nitrogens is 4. The number of alkyl halides is 3. The van der Waals surface area contributed by atoms with Gasteiger partial charge in [0, 0.05) is 60.9 Å². The van der Waals surface area contributed by atoms with Crippen molar-refractivity contribution in [3.8, 4) is 22.8 Å². The van der Waals surface area contributed by atoms with Crippen LogP contribution < -0.4 is 0 Å². The standard InChI is InChI=1S/C32H31F3N6O3/c33-32(34,35)22-4-1-3-20(17-22)29-39-24(19-44-29)30(42)41-16-10-25-26(41)9-15-40(25)23-7-11-31(43,12-8-23)27-6-5-21(18-38-27)28-36-13-2-14-37-28/h1-6,13-14,17-19,23,25-26,43H,7-12,15-16H2/t23?,25-,26-,31?/m0/s1. The first-order valence-electron chi connectivity index (χ1n) is 14.9. The highest BCUT2D eigenvalue weighted by Crippen LogP contribution is 2.42. The van der Waals surface area contributed by atoms with Crippen LogP contribution in [0.1, 0.15) is 60.3 Å². The maximum absolute atomic E-state index is 13.5. The Hall–Kier alpha value is -4.16. The van der Waals surface area contributed by atoms with Gasteiger partial charge in [-0.2, -0.15) is 13.2 Å². The van der Waals surface area contributed by atoms with Crippen LogP contribution in [-0.2, 0) is 11.8 Å². The lowest BCUT2D eigenvalue weighted by Gasteiger charge is -2.41. The van der Waals surface area contributed by atoms with Gasteiger partial charge in [0.05, 0.1) is 11.3 Å². The van der Waals surface area contributed by atoms with Crippen LogP contribution in [0.4, 0.5) is 13.2 Å². The fraction of sp³-hybridized carbons (Fsp3) is 0.406. The summed E-state index contributed by atoms with van der Waals surface area (Å²) in [6.07, 6.45) is 6.32. The minimum atomic E-state index is -4.49. The molecule has 3 aliphatic rings. The molecule has 1 amide bonds. The van der Waals surface area contributed by atoms with E-state index in [0.717, 1.165) is 49.9 Å². The predicted octanol–water partition coefficient (Wildman–Crippen LogP) is 5.33. The van der Waals surface area contributed by atoms with Crippen molar-refractivity contribution < 1.29 is 27.5 Å². The number of pyridine rings is 1. The SMILES string of the molecule is O=C(c1coc(-c2cccc(C(F)(F)F)c2)n1)N1CC[C@H]2[C@@H]1CCN2C1CCC(O)(c2ccc(-c3ncccn3)cn2)CC1. The molecular weight excluding hydrogens is 573 g/mol. The Bertz CT molecular complexity index is 1640. The summed E-state index contributed by atoms with van der Waals surface area (Å²) in [7, 11) is 0. The van der Waals surface area contributed by atoms with Gasteiger partial charge in [-0.25, -0.2) is 15.0 Å². The second-order valence-corrected chi connectivity index (χ2v) is 11.8. The van der Waals surface area contributed by atoms with Gasteiger partial charge in [0.1, 0.15) is 11.9 Å². The van der Waals surface area contributed by atoms with Gasteiger partial charge in [-0.15, -0.1) is 0 Å². The van der Waals surface area contributed by atoms with Gasteiger partial charge >= 0.3 is 6.18 Å². The molecule has 0 radical (unpaired) electrons. The molecule has 3 aromatic heterocycles. The molecule has 12 heteroatoms. The highest BCUT2D eigenvalue weighted by atomic mass is 19.4. The Labute approximate surface area is 251 Å². The molecule has 7 rings (SSSR count). The third-order valence-corrected chi connectivity index (χ3v) is 9.36. The molecule has 228 valence electrons. The first-order valence-corrected chi connectivity index (χ1v) is 14.9. The van der Waals surface area contributed by atoms with Gasteiger partial charge in [-0.3, -0.25) is 14.7 Å². The molecular formula is C32H31F3N6O3. The van der Waals surface area contributed by atoms with E-state index in [1.165, 1.54) is 18.4 Å². The Morgan fingerprint density at radius 1 is 0.932 bits per heavy atom. The maximum atomic E-state index is 13.5. The summed E-state index contributed by atoms with van der Waals surface area (Å²) < 4.78 is 44.9. The van der Waals surface area contributed by atoms with Crippen LogP contribution >= 0.6 is 0 Å². The van der Waals surface area contributed by atoms with Gasteiger partial charge in [0.25, 0.3) is 5.91 Å². The number of oxazole rings is 1. The summed E-state index contributed by atoms with van der Waals surface area (Å²) in [6.45, 7) is 1.44. The van der Waals surface area contributed by atoms with Crippen LogP contribution in [0.25, 0.3) is 22.8 Å².